The maximum Gasteiger partial charge on any atom is 0.410 e. The van der Waals surface area contributed by atoms with Crippen molar-refractivity contribution in [3.63, 3.8) is 0 Å². The normalized spacial score (nSPS) is 20.6. The number of carbonyl (C=O) groups is 3. The molecule has 1 aromatic rings. The van der Waals surface area contributed by atoms with E-state index >= 15 is 0 Å². The SMILES string of the molecule is CCOC(=O)N1CC[NH+]([C@@H]2CC(=O)N(c3cc(C)c(Cl)cc3OC)C2=O)CC1. The molecule has 2 aliphatic heterocycles. The highest BCUT2D eigenvalue weighted by Crippen LogP contribution is 2.36. The van der Waals surface area contributed by atoms with Gasteiger partial charge in [-0.25, -0.2) is 9.69 Å². The molecule has 2 aliphatic rings. The topological polar surface area (TPSA) is 80.6 Å². The van der Waals surface area contributed by atoms with Crippen LogP contribution in [0.25, 0.3) is 0 Å². The summed E-state index contributed by atoms with van der Waals surface area (Å²) in [4.78, 5) is 41.5. The summed E-state index contributed by atoms with van der Waals surface area (Å²) in [5.41, 5.74) is 1.18. The molecule has 0 aliphatic carbocycles. The summed E-state index contributed by atoms with van der Waals surface area (Å²) in [6.45, 7) is 6.08. The van der Waals surface area contributed by atoms with Crippen LogP contribution in [-0.2, 0) is 14.3 Å². The number of rotatable bonds is 4. The number of nitrogens with one attached hydrogen (secondary N) is 1. The zero-order valence-electron chi connectivity index (χ0n) is 16.3. The van der Waals surface area contributed by atoms with E-state index in [1.54, 1.807) is 24.0 Å². The van der Waals surface area contributed by atoms with Crippen LogP contribution >= 0.6 is 11.6 Å². The Morgan fingerprint density at radius 3 is 2.57 bits per heavy atom. The summed E-state index contributed by atoms with van der Waals surface area (Å²) in [7, 11) is 1.48. The van der Waals surface area contributed by atoms with Gasteiger partial charge in [0.2, 0.25) is 5.91 Å². The zero-order valence-corrected chi connectivity index (χ0v) is 17.0. The quantitative estimate of drug-likeness (QED) is 0.737. The fourth-order valence-electron chi connectivity index (χ4n) is 3.73. The summed E-state index contributed by atoms with van der Waals surface area (Å²) in [6, 6.07) is 2.86. The first-order valence-electron chi connectivity index (χ1n) is 9.34. The van der Waals surface area contributed by atoms with Gasteiger partial charge in [-0.2, -0.15) is 0 Å². The van der Waals surface area contributed by atoms with Gasteiger partial charge < -0.3 is 14.4 Å². The molecule has 0 bridgehead atoms. The van der Waals surface area contributed by atoms with Crippen LogP contribution in [-0.4, -0.2) is 68.7 Å². The number of carbonyl (C=O) groups excluding carboxylic acids is 3. The van der Waals surface area contributed by atoms with E-state index in [-0.39, 0.29) is 24.3 Å². The molecule has 3 amide bonds. The molecule has 0 saturated carbocycles. The Morgan fingerprint density at radius 2 is 1.96 bits per heavy atom. The van der Waals surface area contributed by atoms with Gasteiger partial charge in [0, 0.05) is 11.1 Å². The Morgan fingerprint density at radius 1 is 1.29 bits per heavy atom. The van der Waals surface area contributed by atoms with Crippen molar-refractivity contribution in [2.75, 3.05) is 44.8 Å². The lowest BCUT2D eigenvalue weighted by Gasteiger charge is -2.33. The Hall–Kier alpha value is -2.32. The predicted octanol–water partition coefficient (Wildman–Crippen LogP) is 0.646. The van der Waals surface area contributed by atoms with Gasteiger partial charge in [0.05, 0.1) is 52.0 Å². The number of benzene rings is 1. The number of nitrogens with zero attached hydrogens (tertiary/aromatic N) is 2. The molecule has 0 aromatic heterocycles. The Labute approximate surface area is 168 Å². The summed E-state index contributed by atoms with van der Waals surface area (Å²) >= 11 is 6.14. The third-order valence-electron chi connectivity index (χ3n) is 5.27. The zero-order chi connectivity index (χ0) is 20.4. The molecule has 0 unspecified atom stereocenters. The van der Waals surface area contributed by atoms with Crippen LogP contribution in [0.5, 0.6) is 5.75 Å². The molecule has 152 valence electrons. The predicted molar refractivity (Wildman–Crippen MR) is 103 cm³/mol. The number of halogens is 1. The van der Waals surface area contributed by atoms with Crippen molar-refractivity contribution < 1.29 is 28.8 Å². The van der Waals surface area contributed by atoms with Crippen LogP contribution in [0.2, 0.25) is 5.02 Å². The monoisotopic (exact) mass is 410 g/mol. The second kappa shape index (κ2) is 8.36. The van der Waals surface area contributed by atoms with E-state index in [1.165, 1.54) is 12.0 Å². The average Bonchev–Trinajstić information content (AvgIpc) is 2.98. The number of quaternary nitrogens is 1. The maximum atomic E-state index is 13.1. The molecule has 1 atom stereocenters. The lowest BCUT2D eigenvalue weighted by Crippen LogP contribution is -3.19. The first-order chi connectivity index (χ1) is 13.4. The number of amides is 3. The van der Waals surface area contributed by atoms with Crippen molar-refractivity contribution in [3.8, 4) is 5.75 Å². The minimum absolute atomic E-state index is 0.137. The first-order valence-corrected chi connectivity index (χ1v) is 9.72. The molecule has 28 heavy (non-hydrogen) atoms. The van der Waals surface area contributed by atoms with E-state index < -0.39 is 6.04 Å². The number of piperazine rings is 1. The van der Waals surface area contributed by atoms with Crippen LogP contribution in [0, 0.1) is 6.92 Å². The number of anilines is 1. The number of hydrogen-bond donors (Lipinski definition) is 1. The molecule has 3 rings (SSSR count). The molecule has 1 N–H and O–H groups in total. The van der Waals surface area contributed by atoms with Crippen molar-refractivity contribution in [2.45, 2.75) is 26.3 Å². The highest BCUT2D eigenvalue weighted by molar-refractivity contribution is 6.32. The second-order valence-electron chi connectivity index (χ2n) is 6.94. The summed E-state index contributed by atoms with van der Waals surface area (Å²) in [5.74, 6) is -0.111. The van der Waals surface area contributed by atoms with E-state index in [0.29, 0.717) is 49.2 Å². The van der Waals surface area contributed by atoms with Crippen molar-refractivity contribution in [1.29, 1.82) is 0 Å². The molecule has 2 saturated heterocycles. The Kier molecular flexibility index (Phi) is 6.10. The fraction of sp³-hybridized carbons (Fsp3) is 0.526. The summed E-state index contributed by atoms with van der Waals surface area (Å²) in [6.07, 6.45) is -0.198. The summed E-state index contributed by atoms with van der Waals surface area (Å²) in [5, 5.41) is 0.511. The number of imide groups is 1. The first kappa shape index (κ1) is 20.4. The van der Waals surface area contributed by atoms with Crippen molar-refractivity contribution >= 4 is 35.2 Å². The molecule has 9 heteroatoms. The smallest absolute Gasteiger partial charge is 0.410 e. The second-order valence-corrected chi connectivity index (χ2v) is 7.35. The van der Waals surface area contributed by atoms with Crippen LogP contribution < -0.4 is 14.5 Å². The van der Waals surface area contributed by atoms with Gasteiger partial charge in [-0.1, -0.05) is 11.6 Å². The Balaban J connectivity index is 1.75. The molecule has 0 radical (unpaired) electrons. The van der Waals surface area contributed by atoms with Gasteiger partial charge in [0.1, 0.15) is 5.75 Å². The molecular formula is C19H25ClN3O5+. The fourth-order valence-corrected chi connectivity index (χ4v) is 3.88. The lowest BCUT2D eigenvalue weighted by atomic mass is 10.1. The number of methoxy groups -OCH3 is 1. The van der Waals surface area contributed by atoms with Gasteiger partial charge in [-0.3, -0.25) is 14.5 Å². The molecule has 1 aromatic carbocycles. The maximum absolute atomic E-state index is 13.1. The van der Waals surface area contributed by atoms with Gasteiger partial charge in [0.25, 0.3) is 5.91 Å². The van der Waals surface area contributed by atoms with E-state index in [1.807, 2.05) is 6.92 Å². The minimum Gasteiger partial charge on any atom is -0.495 e. The summed E-state index contributed by atoms with van der Waals surface area (Å²) < 4.78 is 10.4. The van der Waals surface area contributed by atoms with Gasteiger partial charge >= 0.3 is 6.09 Å². The van der Waals surface area contributed by atoms with Gasteiger partial charge in [0.15, 0.2) is 6.04 Å². The standard InChI is InChI=1S/C19H24ClN3O5/c1-4-28-19(26)22-7-5-21(6-8-22)15-11-17(24)23(18(15)25)14-9-12(2)13(20)10-16(14)27-3/h9-10,15H,4-8,11H2,1-3H3/p+1/t15-/m1/s1. The number of hydrogen-bond acceptors (Lipinski definition) is 5. The van der Waals surface area contributed by atoms with Gasteiger partial charge in [-0.05, 0) is 25.5 Å². The van der Waals surface area contributed by atoms with Crippen molar-refractivity contribution in [1.82, 2.24) is 4.90 Å². The Bertz CT molecular complexity index is 792. The average molecular weight is 411 g/mol. The van der Waals surface area contributed by atoms with Crippen LogP contribution in [0.3, 0.4) is 0 Å². The van der Waals surface area contributed by atoms with E-state index in [2.05, 4.69) is 0 Å². The molecule has 0 spiro atoms. The van der Waals surface area contributed by atoms with E-state index in [0.717, 1.165) is 10.5 Å². The molecular weight excluding hydrogens is 386 g/mol. The van der Waals surface area contributed by atoms with Gasteiger partial charge in [-0.15, -0.1) is 0 Å². The highest BCUT2D eigenvalue weighted by atomic mass is 35.5. The molecule has 8 nitrogen and oxygen atoms in total. The van der Waals surface area contributed by atoms with Crippen LogP contribution in [0.4, 0.5) is 10.5 Å². The number of aryl methyl sites for hydroxylation is 1. The third-order valence-corrected chi connectivity index (χ3v) is 5.68. The molecule has 2 fully saturated rings. The van der Waals surface area contributed by atoms with E-state index in [9.17, 15) is 14.4 Å². The van der Waals surface area contributed by atoms with Crippen LogP contribution in [0.15, 0.2) is 12.1 Å². The highest BCUT2D eigenvalue weighted by Gasteiger charge is 2.47. The number of ether oxygens (including phenoxy) is 2. The van der Waals surface area contributed by atoms with Crippen LogP contribution in [0.1, 0.15) is 18.9 Å². The van der Waals surface area contributed by atoms with Crippen molar-refractivity contribution in [2.24, 2.45) is 0 Å². The van der Waals surface area contributed by atoms with E-state index in [4.69, 9.17) is 21.1 Å². The third kappa shape index (κ3) is 3.79. The lowest BCUT2D eigenvalue weighted by molar-refractivity contribution is -0.918. The largest absolute Gasteiger partial charge is 0.495 e. The minimum atomic E-state index is -0.461. The van der Waals surface area contributed by atoms with Crippen molar-refractivity contribution in [3.05, 3.63) is 22.7 Å². The molecule has 2 heterocycles.